The fraction of sp³-hybridized carbons (Fsp3) is 0.120. The number of H-pyrrole nitrogens is 1. The normalized spacial score (nSPS) is 14.2. The summed E-state index contributed by atoms with van der Waals surface area (Å²) < 4.78 is 0. The zero-order chi connectivity index (χ0) is 18.1. The van der Waals surface area contributed by atoms with E-state index in [4.69, 9.17) is 0 Å². The molecule has 2 heteroatoms. The van der Waals surface area contributed by atoms with Crippen molar-refractivity contribution in [3.8, 4) is 0 Å². The molecule has 0 saturated heterocycles. The van der Waals surface area contributed by atoms with Gasteiger partial charge in [-0.1, -0.05) is 91.0 Å². The van der Waals surface area contributed by atoms with Crippen molar-refractivity contribution in [3.05, 3.63) is 131 Å². The van der Waals surface area contributed by atoms with Gasteiger partial charge >= 0.3 is 0 Å². The Kier molecular flexibility index (Phi) is 3.92. The van der Waals surface area contributed by atoms with Gasteiger partial charge in [-0.3, -0.25) is 4.90 Å². The highest BCUT2D eigenvalue weighted by Gasteiger charge is 2.44. The summed E-state index contributed by atoms with van der Waals surface area (Å²) in [5.41, 5.74) is 6.37. The molecule has 2 heterocycles. The minimum absolute atomic E-state index is 0.324. The van der Waals surface area contributed by atoms with Gasteiger partial charge in [0.2, 0.25) is 0 Å². The highest BCUT2D eigenvalue weighted by Crippen LogP contribution is 2.46. The van der Waals surface area contributed by atoms with E-state index in [2.05, 4.69) is 113 Å². The van der Waals surface area contributed by atoms with E-state index in [1.807, 2.05) is 0 Å². The first-order valence-corrected chi connectivity index (χ1v) is 9.45. The van der Waals surface area contributed by atoms with Gasteiger partial charge in [0.25, 0.3) is 0 Å². The number of rotatable bonds is 4. The van der Waals surface area contributed by atoms with E-state index >= 15 is 0 Å². The molecule has 0 fully saturated rings. The van der Waals surface area contributed by atoms with Crippen molar-refractivity contribution in [2.24, 2.45) is 0 Å². The predicted octanol–water partition coefficient (Wildman–Crippen LogP) is 5.32. The zero-order valence-corrected chi connectivity index (χ0v) is 15.2. The lowest BCUT2D eigenvalue weighted by Gasteiger charge is -2.43. The van der Waals surface area contributed by atoms with Crippen LogP contribution in [0.5, 0.6) is 0 Å². The zero-order valence-electron chi connectivity index (χ0n) is 15.2. The van der Waals surface area contributed by atoms with Crippen LogP contribution in [0.3, 0.4) is 0 Å². The second-order valence-electron chi connectivity index (χ2n) is 7.17. The van der Waals surface area contributed by atoms with E-state index in [9.17, 15) is 0 Å². The van der Waals surface area contributed by atoms with E-state index < -0.39 is 0 Å². The average molecular weight is 350 g/mol. The molecule has 0 unspecified atom stereocenters. The summed E-state index contributed by atoms with van der Waals surface area (Å²) in [6, 6.07) is 32.7. The van der Waals surface area contributed by atoms with Crippen molar-refractivity contribution < 1.29 is 0 Å². The van der Waals surface area contributed by atoms with Crippen LogP contribution in [0.25, 0.3) is 0 Å². The molecular weight excluding hydrogens is 328 g/mol. The highest BCUT2D eigenvalue weighted by atomic mass is 15.2. The van der Waals surface area contributed by atoms with Crippen LogP contribution in [0, 0.1) is 0 Å². The van der Waals surface area contributed by atoms with Crippen molar-refractivity contribution in [2.75, 3.05) is 0 Å². The van der Waals surface area contributed by atoms with Gasteiger partial charge in [-0.05, 0) is 27.8 Å². The molecule has 1 aliphatic rings. The van der Waals surface area contributed by atoms with E-state index in [0.29, 0.717) is 0 Å². The molecule has 0 amide bonds. The topological polar surface area (TPSA) is 19.0 Å². The molecule has 0 spiro atoms. The van der Waals surface area contributed by atoms with Gasteiger partial charge in [0.05, 0.1) is 5.54 Å². The fourth-order valence-electron chi connectivity index (χ4n) is 4.51. The smallest absolute Gasteiger partial charge is 0.0978 e. The van der Waals surface area contributed by atoms with Gasteiger partial charge < -0.3 is 4.98 Å². The third-order valence-electron chi connectivity index (χ3n) is 5.70. The van der Waals surface area contributed by atoms with E-state index in [0.717, 1.165) is 13.1 Å². The van der Waals surface area contributed by atoms with Crippen LogP contribution in [0.2, 0.25) is 0 Å². The van der Waals surface area contributed by atoms with Gasteiger partial charge in [-0.15, -0.1) is 0 Å². The fourth-order valence-corrected chi connectivity index (χ4v) is 4.51. The summed E-state index contributed by atoms with van der Waals surface area (Å²) in [7, 11) is 0. The molecule has 0 saturated carbocycles. The van der Waals surface area contributed by atoms with E-state index in [-0.39, 0.29) is 5.54 Å². The SMILES string of the molecule is c1ccc(C(c2ccccc2)(c2ccccc2)N2Cc3c[nH]cc3C2)cc1. The first-order chi connectivity index (χ1) is 13.4. The van der Waals surface area contributed by atoms with Crippen LogP contribution < -0.4 is 0 Å². The molecule has 0 bridgehead atoms. The number of nitrogens with zero attached hydrogens (tertiary/aromatic N) is 1. The average Bonchev–Trinajstić information content (AvgIpc) is 3.34. The first-order valence-electron chi connectivity index (χ1n) is 9.45. The summed E-state index contributed by atoms with van der Waals surface area (Å²) >= 11 is 0. The lowest BCUT2D eigenvalue weighted by Crippen LogP contribution is -2.45. The summed E-state index contributed by atoms with van der Waals surface area (Å²) in [5.74, 6) is 0. The Labute approximate surface area is 160 Å². The van der Waals surface area contributed by atoms with Crippen molar-refractivity contribution in [1.82, 2.24) is 9.88 Å². The number of fused-ring (bicyclic) bond motifs is 1. The maximum atomic E-state index is 3.26. The van der Waals surface area contributed by atoms with Gasteiger partial charge in [0.1, 0.15) is 0 Å². The molecule has 132 valence electrons. The van der Waals surface area contributed by atoms with Crippen molar-refractivity contribution in [3.63, 3.8) is 0 Å². The molecule has 4 aromatic rings. The monoisotopic (exact) mass is 350 g/mol. The van der Waals surface area contributed by atoms with Crippen LogP contribution in [-0.4, -0.2) is 9.88 Å². The van der Waals surface area contributed by atoms with Gasteiger partial charge in [-0.2, -0.15) is 0 Å². The molecule has 27 heavy (non-hydrogen) atoms. The molecule has 2 nitrogen and oxygen atoms in total. The van der Waals surface area contributed by atoms with Crippen LogP contribution in [0.1, 0.15) is 27.8 Å². The van der Waals surface area contributed by atoms with Gasteiger partial charge in [-0.25, -0.2) is 0 Å². The molecule has 0 aliphatic carbocycles. The maximum absolute atomic E-state index is 3.26. The standard InChI is InChI=1S/C25H22N2/c1-4-10-22(11-5-1)25(23-12-6-2-7-13-23,24-14-8-3-9-15-24)27-18-20-16-26-17-21(20)19-27/h1-17,26H,18-19H2. The third kappa shape index (κ3) is 2.53. The lowest BCUT2D eigenvalue weighted by atomic mass is 9.75. The van der Waals surface area contributed by atoms with E-state index in [1.54, 1.807) is 0 Å². The molecule has 3 aromatic carbocycles. The van der Waals surface area contributed by atoms with Crippen molar-refractivity contribution in [2.45, 2.75) is 18.6 Å². The first kappa shape index (κ1) is 16.1. The minimum Gasteiger partial charge on any atom is -0.367 e. The molecule has 1 N–H and O–H groups in total. The van der Waals surface area contributed by atoms with Crippen molar-refractivity contribution >= 4 is 0 Å². The number of aromatic amines is 1. The summed E-state index contributed by atoms with van der Waals surface area (Å²) in [4.78, 5) is 5.87. The van der Waals surface area contributed by atoms with Gasteiger partial charge in [0.15, 0.2) is 0 Å². The van der Waals surface area contributed by atoms with Crippen LogP contribution in [-0.2, 0) is 18.6 Å². The largest absolute Gasteiger partial charge is 0.367 e. The highest BCUT2D eigenvalue weighted by molar-refractivity contribution is 5.50. The Balaban J connectivity index is 1.79. The Morgan fingerprint density at radius 1 is 0.556 bits per heavy atom. The Bertz CT molecular complexity index is 902. The second-order valence-corrected chi connectivity index (χ2v) is 7.17. The Morgan fingerprint density at radius 2 is 0.926 bits per heavy atom. The van der Waals surface area contributed by atoms with Crippen LogP contribution in [0.15, 0.2) is 103 Å². The minimum atomic E-state index is -0.324. The Hall–Kier alpha value is -3.10. The summed E-state index contributed by atoms with van der Waals surface area (Å²) in [6.07, 6.45) is 4.28. The summed E-state index contributed by atoms with van der Waals surface area (Å²) in [5, 5.41) is 0. The number of nitrogens with one attached hydrogen (secondary N) is 1. The predicted molar refractivity (Wildman–Crippen MR) is 109 cm³/mol. The molecule has 1 aromatic heterocycles. The molecule has 1 aliphatic heterocycles. The van der Waals surface area contributed by atoms with Crippen LogP contribution >= 0.6 is 0 Å². The molecule has 5 rings (SSSR count). The number of hydrogen-bond acceptors (Lipinski definition) is 1. The van der Waals surface area contributed by atoms with E-state index in [1.165, 1.54) is 27.8 Å². The van der Waals surface area contributed by atoms with Crippen LogP contribution in [0.4, 0.5) is 0 Å². The molecule has 0 radical (unpaired) electrons. The Morgan fingerprint density at radius 3 is 1.30 bits per heavy atom. The second kappa shape index (κ2) is 6.57. The van der Waals surface area contributed by atoms with Gasteiger partial charge in [0, 0.05) is 25.5 Å². The number of benzene rings is 3. The summed E-state index contributed by atoms with van der Waals surface area (Å²) in [6.45, 7) is 1.86. The number of hydrogen-bond donors (Lipinski definition) is 1. The van der Waals surface area contributed by atoms with Crippen molar-refractivity contribution in [1.29, 1.82) is 0 Å². The quantitative estimate of drug-likeness (QED) is 0.493. The number of aromatic nitrogens is 1. The maximum Gasteiger partial charge on any atom is 0.0978 e. The third-order valence-corrected chi connectivity index (χ3v) is 5.70. The molecular formula is C25H22N2. The lowest BCUT2D eigenvalue weighted by molar-refractivity contribution is 0.156. The molecule has 0 atom stereocenters.